The number of hydrogen-bond donors (Lipinski definition) is 1. The Kier molecular flexibility index (Phi) is 3.24. The number of nitrogens with zero attached hydrogens (tertiary/aromatic N) is 4. The Morgan fingerprint density at radius 3 is 2.96 bits per heavy atom. The summed E-state index contributed by atoms with van der Waals surface area (Å²) in [6.45, 7) is 1.53. The number of aliphatic hydroxyl groups excluding tert-OH is 1. The Bertz CT molecular complexity index is 1020. The zero-order chi connectivity index (χ0) is 16.8. The third kappa shape index (κ3) is 2.46. The highest BCUT2D eigenvalue weighted by molar-refractivity contribution is 5.82. The van der Waals surface area contributed by atoms with Crippen molar-refractivity contribution in [3.63, 3.8) is 0 Å². The van der Waals surface area contributed by atoms with Gasteiger partial charge >= 0.3 is 0 Å². The van der Waals surface area contributed by atoms with Gasteiger partial charge in [-0.1, -0.05) is 18.2 Å². The summed E-state index contributed by atoms with van der Waals surface area (Å²) in [4.78, 5) is 6.56. The van der Waals surface area contributed by atoms with E-state index in [-0.39, 0.29) is 6.10 Å². The summed E-state index contributed by atoms with van der Waals surface area (Å²) in [6.07, 6.45) is 3.33. The summed E-state index contributed by atoms with van der Waals surface area (Å²) >= 11 is 0. The first-order valence-electron chi connectivity index (χ1n) is 8.55. The molecule has 6 nitrogen and oxygen atoms in total. The fraction of sp³-hybridized carbons (Fsp3) is 0.263. The number of furan rings is 1. The van der Waals surface area contributed by atoms with E-state index in [4.69, 9.17) is 9.52 Å². The van der Waals surface area contributed by atoms with Crippen LogP contribution >= 0.6 is 0 Å². The first-order valence-corrected chi connectivity index (χ1v) is 8.55. The minimum absolute atomic E-state index is 0.288. The van der Waals surface area contributed by atoms with Crippen molar-refractivity contribution in [2.45, 2.75) is 18.9 Å². The molecule has 0 radical (unpaired) electrons. The maximum absolute atomic E-state index is 9.92. The molecule has 1 saturated heterocycles. The van der Waals surface area contributed by atoms with Gasteiger partial charge in [0, 0.05) is 18.5 Å². The quantitative estimate of drug-likeness (QED) is 0.610. The van der Waals surface area contributed by atoms with Crippen molar-refractivity contribution < 1.29 is 9.52 Å². The number of aromatic nitrogens is 3. The third-order valence-corrected chi connectivity index (χ3v) is 4.75. The van der Waals surface area contributed by atoms with Gasteiger partial charge in [0.05, 0.1) is 12.3 Å². The molecule has 0 saturated carbocycles. The van der Waals surface area contributed by atoms with Crippen LogP contribution in [0.4, 0.5) is 5.82 Å². The summed E-state index contributed by atoms with van der Waals surface area (Å²) in [7, 11) is 0. The second-order valence-corrected chi connectivity index (χ2v) is 6.50. The van der Waals surface area contributed by atoms with Crippen LogP contribution in [-0.4, -0.2) is 38.9 Å². The third-order valence-electron chi connectivity index (χ3n) is 4.75. The number of aliphatic hydroxyl groups is 1. The van der Waals surface area contributed by atoms with Crippen molar-refractivity contribution in [1.29, 1.82) is 0 Å². The Hall–Kier alpha value is -2.86. The Labute approximate surface area is 144 Å². The Balaban J connectivity index is 1.60. The molecule has 1 aliphatic heterocycles. The summed E-state index contributed by atoms with van der Waals surface area (Å²) in [5.41, 5.74) is 2.45. The molecule has 4 aromatic rings. The zero-order valence-electron chi connectivity index (χ0n) is 13.7. The highest BCUT2D eigenvalue weighted by Gasteiger charge is 2.20. The molecule has 0 unspecified atom stereocenters. The zero-order valence-corrected chi connectivity index (χ0v) is 13.7. The molecule has 25 heavy (non-hydrogen) atoms. The number of para-hydroxylation sites is 1. The van der Waals surface area contributed by atoms with E-state index in [0.29, 0.717) is 6.54 Å². The fourth-order valence-corrected chi connectivity index (χ4v) is 3.47. The molecule has 1 aliphatic rings. The van der Waals surface area contributed by atoms with E-state index in [0.717, 1.165) is 53.3 Å². The van der Waals surface area contributed by atoms with Gasteiger partial charge in [-0.25, -0.2) is 9.50 Å². The van der Waals surface area contributed by atoms with Gasteiger partial charge < -0.3 is 14.4 Å². The molecule has 126 valence electrons. The normalized spacial score (nSPS) is 18.3. The van der Waals surface area contributed by atoms with E-state index in [9.17, 15) is 5.11 Å². The molecule has 4 heterocycles. The summed E-state index contributed by atoms with van der Waals surface area (Å²) in [5, 5.41) is 15.7. The van der Waals surface area contributed by atoms with Crippen LogP contribution < -0.4 is 4.90 Å². The van der Waals surface area contributed by atoms with Gasteiger partial charge in [-0.15, -0.1) is 5.10 Å². The lowest BCUT2D eigenvalue weighted by Gasteiger charge is -2.30. The van der Waals surface area contributed by atoms with Gasteiger partial charge in [-0.05, 0) is 37.1 Å². The average molecular weight is 334 g/mol. The summed E-state index contributed by atoms with van der Waals surface area (Å²) in [6, 6.07) is 13.9. The maximum atomic E-state index is 9.92. The number of piperidine rings is 1. The van der Waals surface area contributed by atoms with E-state index in [1.54, 1.807) is 6.20 Å². The molecule has 5 rings (SSSR count). The van der Waals surface area contributed by atoms with Gasteiger partial charge in [-0.2, -0.15) is 0 Å². The van der Waals surface area contributed by atoms with Gasteiger partial charge in [0.15, 0.2) is 11.4 Å². The lowest BCUT2D eigenvalue weighted by Crippen LogP contribution is -2.38. The number of benzene rings is 1. The van der Waals surface area contributed by atoms with E-state index in [2.05, 4.69) is 9.88 Å². The molecule has 1 atom stereocenters. The Morgan fingerprint density at radius 1 is 1.16 bits per heavy atom. The van der Waals surface area contributed by atoms with Crippen LogP contribution in [-0.2, 0) is 0 Å². The molecular weight excluding hydrogens is 316 g/mol. The molecule has 0 amide bonds. The minimum Gasteiger partial charge on any atom is -0.454 e. The molecule has 0 aliphatic carbocycles. The fourth-order valence-electron chi connectivity index (χ4n) is 3.47. The van der Waals surface area contributed by atoms with Crippen molar-refractivity contribution in [3.05, 3.63) is 48.7 Å². The van der Waals surface area contributed by atoms with Crippen molar-refractivity contribution in [2.24, 2.45) is 0 Å². The first kappa shape index (κ1) is 14.5. The summed E-state index contributed by atoms with van der Waals surface area (Å²) in [5.74, 6) is 1.60. The van der Waals surface area contributed by atoms with Crippen LogP contribution in [0.1, 0.15) is 12.8 Å². The molecule has 1 aromatic carbocycles. The predicted octanol–water partition coefficient (Wildman–Crippen LogP) is 3.10. The smallest absolute Gasteiger partial charge is 0.155 e. The van der Waals surface area contributed by atoms with Gasteiger partial charge in [0.25, 0.3) is 0 Å². The van der Waals surface area contributed by atoms with Crippen LogP contribution in [0, 0.1) is 0 Å². The van der Waals surface area contributed by atoms with Crippen LogP contribution in [0.3, 0.4) is 0 Å². The number of fused-ring (bicyclic) bond motifs is 2. The van der Waals surface area contributed by atoms with E-state index < -0.39 is 0 Å². The van der Waals surface area contributed by atoms with Crippen LogP contribution in [0.5, 0.6) is 0 Å². The van der Waals surface area contributed by atoms with E-state index in [1.807, 2.05) is 47.0 Å². The topological polar surface area (TPSA) is 66.8 Å². The number of β-amino-alcohol motifs (C(OH)–C–C–N with tert-alkyl or cyclic N) is 1. The highest BCUT2D eigenvalue weighted by atomic mass is 16.3. The van der Waals surface area contributed by atoms with Crippen LogP contribution in [0.2, 0.25) is 0 Å². The SMILES string of the molecule is O[C@@H]1CCCN(c2ccc3ncc(-c4cc5ccccc5o4)n3n2)C1. The van der Waals surface area contributed by atoms with Crippen molar-refractivity contribution in [2.75, 3.05) is 18.0 Å². The summed E-state index contributed by atoms with van der Waals surface area (Å²) < 4.78 is 7.78. The van der Waals surface area contributed by atoms with Crippen molar-refractivity contribution >= 4 is 22.4 Å². The lowest BCUT2D eigenvalue weighted by atomic mass is 10.1. The van der Waals surface area contributed by atoms with E-state index >= 15 is 0 Å². The van der Waals surface area contributed by atoms with Gasteiger partial charge in [0.2, 0.25) is 0 Å². The second-order valence-electron chi connectivity index (χ2n) is 6.50. The van der Waals surface area contributed by atoms with Gasteiger partial charge in [0.1, 0.15) is 17.1 Å². The number of imidazole rings is 1. The molecule has 1 fully saturated rings. The number of hydrogen-bond acceptors (Lipinski definition) is 5. The van der Waals surface area contributed by atoms with Gasteiger partial charge in [-0.3, -0.25) is 0 Å². The molecule has 6 heteroatoms. The highest BCUT2D eigenvalue weighted by Crippen LogP contribution is 2.28. The molecule has 0 spiro atoms. The Morgan fingerprint density at radius 2 is 2.08 bits per heavy atom. The predicted molar refractivity (Wildman–Crippen MR) is 95.6 cm³/mol. The molecule has 1 N–H and O–H groups in total. The van der Waals surface area contributed by atoms with E-state index in [1.165, 1.54) is 0 Å². The maximum Gasteiger partial charge on any atom is 0.155 e. The molecule has 0 bridgehead atoms. The average Bonchev–Trinajstić information content (AvgIpc) is 3.24. The minimum atomic E-state index is -0.288. The van der Waals surface area contributed by atoms with Crippen LogP contribution in [0.15, 0.2) is 53.1 Å². The number of anilines is 1. The lowest BCUT2D eigenvalue weighted by molar-refractivity contribution is 0.153. The standard InChI is InChI=1S/C19H18N4O2/c24-14-5-3-9-22(12-14)19-8-7-18-20-11-15(23(18)21-19)17-10-13-4-1-2-6-16(13)25-17/h1-2,4,6-8,10-11,14,24H,3,5,9,12H2/t14-/m1/s1. The first-order chi connectivity index (χ1) is 12.3. The van der Waals surface area contributed by atoms with Crippen molar-refractivity contribution in [3.8, 4) is 11.5 Å². The largest absolute Gasteiger partial charge is 0.454 e. The second kappa shape index (κ2) is 5.60. The number of rotatable bonds is 2. The van der Waals surface area contributed by atoms with Crippen LogP contribution in [0.25, 0.3) is 28.1 Å². The van der Waals surface area contributed by atoms with Crippen molar-refractivity contribution in [1.82, 2.24) is 14.6 Å². The molecular formula is C19H18N4O2. The monoisotopic (exact) mass is 334 g/mol. The molecule has 3 aromatic heterocycles.